The maximum Gasteiger partial charge on any atom is 0.326 e. The van der Waals surface area contributed by atoms with Crippen LogP contribution in [0.5, 0.6) is 0 Å². The van der Waals surface area contributed by atoms with Crippen LogP contribution in [0, 0.1) is 17.0 Å². The van der Waals surface area contributed by atoms with Gasteiger partial charge in [-0.3, -0.25) is 29.8 Å². The Hall–Kier alpha value is -4.12. The third-order valence-corrected chi connectivity index (χ3v) is 5.20. The molecule has 10 nitrogen and oxygen atoms in total. The van der Waals surface area contributed by atoms with Crippen LogP contribution in [-0.4, -0.2) is 40.3 Å². The van der Waals surface area contributed by atoms with Crippen molar-refractivity contribution in [2.45, 2.75) is 20.0 Å². The minimum Gasteiger partial charge on any atom is -0.451 e. The number of anilines is 1. The van der Waals surface area contributed by atoms with Crippen LogP contribution in [0.25, 0.3) is 11.3 Å². The molecule has 0 spiro atoms. The van der Waals surface area contributed by atoms with Gasteiger partial charge in [-0.15, -0.1) is 11.3 Å². The Morgan fingerprint density at radius 3 is 2.67 bits per heavy atom. The largest absolute Gasteiger partial charge is 0.451 e. The van der Waals surface area contributed by atoms with Gasteiger partial charge in [-0.05, 0) is 26.0 Å². The number of carbonyl (C=O) groups excluding carboxylic acids is 3. The minimum atomic E-state index is -1.13. The lowest BCUT2D eigenvalue weighted by molar-refractivity contribution is -0.384. The average molecular weight is 468 g/mol. The Morgan fingerprint density at radius 1 is 1.18 bits per heavy atom. The van der Waals surface area contributed by atoms with Gasteiger partial charge in [-0.2, -0.15) is 0 Å². The lowest BCUT2D eigenvalue weighted by atomic mass is 10.1. The highest BCUT2D eigenvalue weighted by molar-refractivity contribution is 7.14. The van der Waals surface area contributed by atoms with E-state index in [9.17, 15) is 24.5 Å². The van der Waals surface area contributed by atoms with Crippen LogP contribution < -0.4 is 10.6 Å². The van der Waals surface area contributed by atoms with Crippen LogP contribution in [0.1, 0.15) is 22.8 Å². The summed E-state index contributed by atoms with van der Waals surface area (Å²) in [5.41, 5.74) is 2.25. The van der Waals surface area contributed by atoms with Gasteiger partial charge in [0.05, 0.1) is 10.6 Å². The fourth-order valence-electron chi connectivity index (χ4n) is 2.78. The van der Waals surface area contributed by atoms with E-state index in [-0.39, 0.29) is 10.8 Å². The number of hydrogen-bond acceptors (Lipinski definition) is 8. The first-order chi connectivity index (χ1) is 15.7. The molecule has 0 aliphatic heterocycles. The smallest absolute Gasteiger partial charge is 0.326 e. The van der Waals surface area contributed by atoms with Crippen molar-refractivity contribution in [2.75, 3.05) is 11.9 Å². The molecule has 0 fully saturated rings. The Kier molecular flexibility index (Phi) is 7.46. The van der Waals surface area contributed by atoms with E-state index in [4.69, 9.17) is 4.74 Å². The van der Waals surface area contributed by atoms with E-state index < -0.39 is 35.4 Å². The van der Waals surface area contributed by atoms with E-state index >= 15 is 0 Å². The second-order valence-electron chi connectivity index (χ2n) is 7.02. The van der Waals surface area contributed by atoms with Crippen LogP contribution in [0.2, 0.25) is 0 Å². The van der Waals surface area contributed by atoms with Crippen LogP contribution in [-0.2, 0) is 14.3 Å². The van der Waals surface area contributed by atoms with Gasteiger partial charge in [0.1, 0.15) is 6.54 Å². The summed E-state index contributed by atoms with van der Waals surface area (Å²) in [4.78, 5) is 51.1. The number of carbonyl (C=O) groups is 3. The molecule has 2 N–H and O–H groups in total. The summed E-state index contributed by atoms with van der Waals surface area (Å²) < 4.78 is 5.06. The van der Waals surface area contributed by atoms with E-state index in [0.29, 0.717) is 16.8 Å². The summed E-state index contributed by atoms with van der Waals surface area (Å²) in [5.74, 6) is -1.80. The summed E-state index contributed by atoms with van der Waals surface area (Å²) >= 11 is 1.13. The number of nitro groups is 1. The molecule has 0 aliphatic rings. The first kappa shape index (κ1) is 23.5. The van der Waals surface area contributed by atoms with Crippen LogP contribution in [0.3, 0.4) is 0 Å². The van der Waals surface area contributed by atoms with Crippen LogP contribution >= 0.6 is 11.3 Å². The number of non-ortho nitro benzene ring substituents is 1. The van der Waals surface area contributed by atoms with E-state index in [2.05, 4.69) is 15.6 Å². The van der Waals surface area contributed by atoms with Crippen molar-refractivity contribution < 1.29 is 24.0 Å². The Bertz CT molecular complexity index is 1210. The molecule has 1 atom stereocenters. The van der Waals surface area contributed by atoms with Gasteiger partial charge in [0.15, 0.2) is 11.2 Å². The lowest BCUT2D eigenvalue weighted by Crippen LogP contribution is -2.35. The van der Waals surface area contributed by atoms with Gasteiger partial charge >= 0.3 is 5.97 Å². The SMILES string of the molecule is Cc1cccc(C(=O)NCC(=O)OC(C)C(=O)Nc2nc(-c3cccc([N+](=O)[O-])c3)cs2)c1. The molecule has 2 amide bonds. The van der Waals surface area contributed by atoms with Crippen molar-refractivity contribution in [1.82, 2.24) is 10.3 Å². The van der Waals surface area contributed by atoms with Crippen molar-refractivity contribution >= 4 is 39.9 Å². The highest BCUT2D eigenvalue weighted by Gasteiger charge is 2.20. The fourth-order valence-corrected chi connectivity index (χ4v) is 3.51. The Balaban J connectivity index is 1.51. The normalized spacial score (nSPS) is 11.3. The zero-order valence-electron chi connectivity index (χ0n) is 17.7. The molecular formula is C22H20N4O6S. The number of nitrogens with one attached hydrogen (secondary N) is 2. The molecule has 0 radical (unpaired) electrons. The first-order valence-corrected chi connectivity index (χ1v) is 10.7. The molecule has 0 bridgehead atoms. The van der Waals surface area contributed by atoms with Gasteiger partial charge in [0, 0.05) is 28.6 Å². The zero-order valence-corrected chi connectivity index (χ0v) is 18.5. The summed E-state index contributed by atoms with van der Waals surface area (Å²) in [5, 5.41) is 17.8. The topological polar surface area (TPSA) is 141 Å². The number of rotatable bonds is 8. The molecule has 1 heterocycles. The lowest BCUT2D eigenvalue weighted by Gasteiger charge is -2.13. The third kappa shape index (κ3) is 6.43. The number of ether oxygens (including phenoxy) is 1. The highest BCUT2D eigenvalue weighted by Crippen LogP contribution is 2.27. The Labute approximate surface area is 192 Å². The van der Waals surface area contributed by atoms with E-state index in [1.54, 1.807) is 35.7 Å². The number of esters is 1. The van der Waals surface area contributed by atoms with Gasteiger partial charge in [-0.25, -0.2) is 4.98 Å². The second kappa shape index (κ2) is 10.5. The van der Waals surface area contributed by atoms with Crippen molar-refractivity contribution in [2.24, 2.45) is 0 Å². The van der Waals surface area contributed by atoms with Gasteiger partial charge in [-0.1, -0.05) is 29.8 Å². The zero-order chi connectivity index (χ0) is 24.0. The van der Waals surface area contributed by atoms with Crippen molar-refractivity contribution in [3.05, 3.63) is 75.2 Å². The second-order valence-corrected chi connectivity index (χ2v) is 7.88. The molecule has 0 aliphatic carbocycles. The van der Waals surface area contributed by atoms with Crippen molar-refractivity contribution in [1.29, 1.82) is 0 Å². The van der Waals surface area contributed by atoms with E-state index in [0.717, 1.165) is 16.9 Å². The minimum absolute atomic E-state index is 0.0684. The number of amides is 2. The highest BCUT2D eigenvalue weighted by atomic mass is 32.1. The molecule has 2 aromatic carbocycles. The maximum atomic E-state index is 12.3. The van der Waals surface area contributed by atoms with Crippen molar-refractivity contribution in [3.63, 3.8) is 0 Å². The standard InChI is InChI=1S/C22H20N4O6S/c1-13-5-3-7-16(9-13)21(29)23-11-19(27)32-14(2)20(28)25-22-24-18(12-33-22)15-6-4-8-17(10-15)26(30)31/h3-10,12,14H,11H2,1-2H3,(H,23,29)(H,24,25,28). The molecule has 1 aromatic heterocycles. The summed E-state index contributed by atoms with van der Waals surface area (Å²) in [6.45, 7) is 2.85. The number of nitrogens with zero attached hydrogens (tertiary/aromatic N) is 2. The summed E-state index contributed by atoms with van der Waals surface area (Å²) in [6.07, 6.45) is -1.13. The van der Waals surface area contributed by atoms with Crippen molar-refractivity contribution in [3.8, 4) is 11.3 Å². The monoisotopic (exact) mass is 468 g/mol. The number of nitro benzene ring substituents is 1. The molecule has 0 saturated carbocycles. The average Bonchev–Trinajstić information content (AvgIpc) is 3.26. The number of aryl methyl sites for hydroxylation is 1. The fraction of sp³-hybridized carbons (Fsp3) is 0.182. The molecule has 170 valence electrons. The molecule has 3 rings (SSSR count). The van der Waals surface area contributed by atoms with Gasteiger partial charge in [0.2, 0.25) is 0 Å². The number of hydrogen-bond donors (Lipinski definition) is 2. The van der Waals surface area contributed by atoms with Crippen LogP contribution in [0.4, 0.5) is 10.8 Å². The first-order valence-electron chi connectivity index (χ1n) is 9.78. The third-order valence-electron chi connectivity index (χ3n) is 4.44. The van der Waals surface area contributed by atoms with Crippen LogP contribution in [0.15, 0.2) is 53.9 Å². The molecule has 1 unspecified atom stereocenters. The molecular weight excluding hydrogens is 448 g/mol. The molecule has 3 aromatic rings. The number of benzene rings is 2. The van der Waals surface area contributed by atoms with E-state index in [1.807, 2.05) is 13.0 Å². The Morgan fingerprint density at radius 2 is 1.94 bits per heavy atom. The summed E-state index contributed by atoms with van der Waals surface area (Å²) in [6, 6.07) is 12.9. The van der Waals surface area contributed by atoms with E-state index in [1.165, 1.54) is 19.1 Å². The predicted octanol–water partition coefficient (Wildman–Crippen LogP) is 3.33. The maximum absolute atomic E-state index is 12.3. The van der Waals surface area contributed by atoms with Gasteiger partial charge < -0.3 is 10.1 Å². The number of aromatic nitrogens is 1. The quantitative estimate of drug-likeness (QED) is 0.293. The predicted molar refractivity (Wildman–Crippen MR) is 122 cm³/mol. The summed E-state index contributed by atoms with van der Waals surface area (Å²) in [7, 11) is 0. The molecule has 0 saturated heterocycles. The van der Waals surface area contributed by atoms with Gasteiger partial charge in [0.25, 0.3) is 17.5 Å². The number of thiazole rings is 1. The molecule has 33 heavy (non-hydrogen) atoms. The molecule has 11 heteroatoms.